The van der Waals surface area contributed by atoms with Gasteiger partial charge in [-0.2, -0.15) is 0 Å². The number of hydrogen-bond acceptors (Lipinski definition) is 2. The number of aliphatic hydroxyl groups excluding tert-OH is 1. The summed E-state index contributed by atoms with van der Waals surface area (Å²) in [6, 6.07) is 14.8. The summed E-state index contributed by atoms with van der Waals surface area (Å²) in [5, 5.41) is 13.3. The van der Waals surface area contributed by atoms with E-state index in [4.69, 9.17) is 4.74 Å². The highest BCUT2D eigenvalue weighted by Gasteiger charge is 2.25. The molecule has 0 amide bonds. The molecule has 1 aromatic heterocycles. The normalized spacial score (nSPS) is 12.9. The smallest absolute Gasteiger partial charge is 0.137 e. The van der Waals surface area contributed by atoms with Gasteiger partial charge in [-0.1, -0.05) is 62.6 Å². The van der Waals surface area contributed by atoms with Gasteiger partial charge in [0.1, 0.15) is 25.0 Å². The van der Waals surface area contributed by atoms with Gasteiger partial charge in [0, 0.05) is 22.8 Å². The summed E-state index contributed by atoms with van der Waals surface area (Å²) in [5.41, 5.74) is 3.70. The summed E-state index contributed by atoms with van der Waals surface area (Å²) in [7, 11) is 2.28. The van der Waals surface area contributed by atoms with E-state index in [1.165, 1.54) is 47.7 Å². The van der Waals surface area contributed by atoms with Crippen molar-refractivity contribution in [1.29, 1.82) is 0 Å². The van der Waals surface area contributed by atoms with Gasteiger partial charge in [-0.05, 0) is 44.9 Å². The van der Waals surface area contributed by atoms with Gasteiger partial charge in [-0.3, -0.25) is 0 Å². The number of nitrogens with zero attached hydrogens (tertiary/aromatic N) is 2. The average molecular weight is 452 g/mol. The first-order valence-corrected chi connectivity index (χ1v) is 12.7. The second kappa shape index (κ2) is 11.7. The quantitative estimate of drug-likeness (QED) is 0.236. The number of para-hydroxylation sites is 1. The van der Waals surface area contributed by atoms with Crippen molar-refractivity contribution in [3.8, 4) is 5.75 Å². The zero-order valence-corrected chi connectivity index (χ0v) is 21.3. The standard InChI is InChI=1S/C29H43N2O2/c1-6-8-19-31(5,20-9-7-2)21-24(32)22-33-28-16-12-15-27-29(28)25-13-10-11-14-26(25)30(27)18-17-23(3)4/h10-17,24,32H,6-9,18-22H2,1-5H3/q+1. The summed E-state index contributed by atoms with van der Waals surface area (Å²) >= 11 is 0. The molecule has 0 aliphatic carbocycles. The minimum absolute atomic E-state index is 0.318. The molecular weight excluding hydrogens is 408 g/mol. The molecule has 180 valence electrons. The second-order valence-corrected chi connectivity index (χ2v) is 9.98. The van der Waals surface area contributed by atoms with Crippen molar-refractivity contribution in [2.45, 2.75) is 66.0 Å². The predicted molar refractivity (Wildman–Crippen MR) is 141 cm³/mol. The van der Waals surface area contributed by atoms with E-state index in [1.807, 2.05) is 6.07 Å². The number of aliphatic hydroxyl groups is 1. The maximum atomic E-state index is 10.9. The maximum absolute atomic E-state index is 10.9. The topological polar surface area (TPSA) is 34.4 Å². The van der Waals surface area contributed by atoms with Gasteiger partial charge >= 0.3 is 0 Å². The van der Waals surface area contributed by atoms with Crippen LogP contribution in [0.4, 0.5) is 0 Å². The molecule has 4 heteroatoms. The van der Waals surface area contributed by atoms with Gasteiger partial charge in [0.15, 0.2) is 0 Å². The predicted octanol–water partition coefficient (Wildman–Crippen LogP) is 6.55. The van der Waals surface area contributed by atoms with Gasteiger partial charge in [0.05, 0.1) is 25.7 Å². The van der Waals surface area contributed by atoms with Crippen LogP contribution < -0.4 is 4.74 Å². The molecular formula is C29H43N2O2+. The molecule has 33 heavy (non-hydrogen) atoms. The molecule has 0 saturated carbocycles. The van der Waals surface area contributed by atoms with Crippen LogP contribution in [0, 0.1) is 0 Å². The lowest BCUT2D eigenvalue weighted by Crippen LogP contribution is -2.51. The molecule has 0 fully saturated rings. The molecule has 0 aliphatic rings. The fourth-order valence-electron chi connectivity index (χ4n) is 4.78. The molecule has 1 N–H and O–H groups in total. The Bertz CT molecular complexity index is 1050. The number of aromatic nitrogens is 1. The Kier molecular flexibility index (Phi) is 8.99. The highest BCUT2D eigenvalue weighted by Crippen LogP contribution is 2.35. The van der Waals surface area contributed by atoms with Crippen molar-refractivity contribution < 1.29 is 14.3 Å². The number of likely N-dealkylation sites (N-methyl/N-ethyl adjacent to an activating group) is 1. The van der Waals surface area contributed by atoms with Crippen LogP contribution in [0.15, 0.2) is 54.1 Å². The minimum atomic E-state index is -0.488. The molecule has 4 nitrogen and oxygen atoms in total. The minimum Gasteiger partial charge on any atom is -0.490 e. The van der Waals surface area contributed by atoms with E-state index in [-0.39, 0.29) is 0 Å². The van der Waals surface area contributed by atoms with Crippen LogP contribution in [0.3, 0.4) is 0 Å². The Hall–Kier alpha value is -2.30. The summed E-state index contributed by atoms with van der Waals surface area (Å²) < 4.78 is 9.56. The SMILES string of the molecule is CCCC[N+](C)(CCCC)CC(O)COc1cccc2c1c1ccccc1n2CC=C(C)C. The Morgan fingerprint density at radius 2 is 1.67 bits per heavy atom. The molecule has 0 bridgehead atoms. The molecule has 3 rings (SSSR count). The summed E-state index contributed by atoms with van der Waals surface area (Å²) in [6.07, 6.45) is 6.53. The first-order valence-electron chi connectivity index (χ1n) is 12.7. The lowest BCUT2D eigenvalue weighted by Gasteiger charge is -2.36. The number of benzene rings is 2. The van der Waals surface area contributed by atoms with Crippen LogP contribution >= 0.6 is 0 Å². The zero-order valence-electron chi connectivity index (χ0n) is 21.3. The molecule has 1 unspecified atom stereocenters. The van der Waals surface area contributed by atoms with Crippen molar-refractivity contribution in [3.63, 3.8) is 0 Å². The molecule has 2 aromatic carbocycles. The third kappa shape index (κ3) is 6.39. The van der Waals surface area contributed by atoms with Crippen molar-refractivity contribution in [2.24, 2.45) is 0 Å². The van der Waals surface area contributed by atoms with Crippen molar-refractivity contribution in [3.05, 3.63) is 54.1 Å². The fourth-order valence-corrected chi connectivity index (χ4v) is 4.78. The van der Waals surface area contributed by atoms with Crippen molar-refractivity contribution in [2.75, 3.05) is 33.3 Å². The van der Waals surface area contributed by atoms with Gasteiger partial charge in [-0.25, -0.2) is 0 Å². The first-order chi connectivity index (χ1) is 15.9. The van der Waals surface area contributed by atoms with Gasteiger partial charge in [0.25, 0.3) is 0 Å². The van der Waals surface area contributed by atoms with E-state index in [1.54, 1.807) is 0 Å². The van der Waals surface area contributed by atoms with Crippen LogP contribution in [0.25, 0.3) is 21.8 Å². The lowest BCUT2D eigenvalue weighted by atomic mass is 10.1. The monoisotopic (exact) mass is 451 g/mol. The number of unbranched alkanes of at least 4 members (excludes halogenated alkanes) is 2. The molecule has 0 spiro atoms. The molecule has 0 aliphatic heterocycles. The van der Waals surface area contributed by atoms with E-state index in [2.05, 4.69) is 81.8 Å². The number of quaternary nitrogens is 1. The first kappa shape index (κ1) is 25.3. The van der Waals surface area contributed by atoms with Crippen LogP contribution in [0.5, 0.6) is 5.75 Å². The lowest BCUT2D eigenvalue weighted by molar-refractivity contribution is -0.912. The van der Waals surface area contributed by atoms with Crippen LogP contribution in [-0.2, 0) is 6.54 Å². The number of hydrogen-bond donors (Lipinski definition) is 1. The van der Waals surface area contributed by atoms with Gasteiger partial charge in [-0.15, -0.1) is 0 Å². The summed E-state index contributed by atoms with van der Waals surface area (Å²) in [4.78, 5) is 0. The van der Waals surface area contributed by atoms with E-state index in [0.717, 1.165) is 41.8 Å². The zero-order chi connectivity index (χ0) is 23.8. The van der Waals surface area contributed by atoms with E-state index in [9.17, 15) is 5.11 Å². The van der Waals surface area contributed by atoms with Crippen LogP contribution in [0.2, 0.25) is 0 Å². The molecule has 1 atom stereocenters. The number of fused-ring (bicyclic) bond motifs is 3. The number of ether oxygens (including phenoxy) is 1. The fraction of sp³-hybridized carbons (Fsp3) is 0.517. The Morgan fingerprint density at radius 1 is 1.00 bits per heavy atom. The molecule has 1 heterocycles. The van der Waals surface area contributed by atoms with E-state index >= 15 is 0 Å². The van der Waals surface area contributed by atoms with E-state index < -0.39 is 6.10 Å². The van der Waals surface area contributed by atoms with Crippen LogP contribution in [-0.4, -0.2) is 53.5 Å². The maximum Gasteiger partial charge on any atom is 0.137 e. The third-order valence-electron chi connectivity index (χ3n) is 6.63. The average Bonchev–Trinajstić information content (AvgIpc) is 3.13. The summed E-state index contributed by atoms with van der Waals surface area (Å²) in [6.45, 7) is 12.9. The third-order valence-corrected chi connectivity index (χ3v) is 6.63. The largest absolute Gasteiger partial charge is 0.490 e. The Balaban J connectivity index is 1.83. The molecule has 0 radical (unpaired) electrons. The summed E-state index contributed by atoms with van der Waals surface area (Å²) in [5.74, 6) is 0.856. The van der Waals surface area contributed by atoms with Crippen LogP contribution in [0.1, 0.15) is 53.4 Å². The van der Waals surface area contributed by atoms with E-state index in [0.29, 0.717) is 6.61 Å². The highest BCUT2D eigenvalue weighted by atomic mass is 16.5. The number of rotatable bonds is 13. The van der Waals surface area contributed by atoms with Gasteiger partial charge in [0.2, 0.25) is 0 Å². The van der Waals surface area contributed by atoms with Crippen molar-refractivity contribution in [1.82, 2.24) is 4.57 Å². The molecule has 3 aromatic rings. The van der Waals surface area contributed by atoms with Crippen molar-refractivity contribution >= 4 is 21.8 Å². The Morgan fingerprint density at radius 3 is 2.33 bits per heavy atom. The Labute approximate surface area is 200 Å². The second-order valence-electron chi connectivity index (χ2n) is 9.98. The number of allylic oxidation sites excluding steroid dienone is 2. The highest BCUT2D eigenvalue weighted by molar-refractivity contribution is 6.11. The molecule has 0 saturated heterocycles. The van der Waals surface area contributed by atoms with Gasteiger partial charge < -0.3 is 18.9 Å².